The zero-order valence-electron chi connectivity index (χ0n) is 20.0. The summed E-state index contributed by atoms with van der Waals surface area (Å²) >= 11 is 0. The standard InChI is InChI=1S/C18H37N5O9.C2H4O2/c19-3-9-8(25)2-7(22)17(29-9)31-15-5(20)1-6(21)16(14(15)28)32-18-13(27)11(23)12(26)10(4-24)30-18;1-2(3)4/h5-18,24-28H,1-4,19-23H2;1H3,(H,3,4)/t5-,6+,7+,8-,9+,10+,11-,12+,13+,14-,15+,16?,17+,18+;/m0./s1. The normalized spacial score (nSPS) is 47.5. The smallest absolute Gasteiger partial charge is 0.300 e. The summed E-state index contributed by atoms with van der Waals surface area (Å²) in [5.41, 5.74) is 29.8. The van der Waals surface area contributed by atoms with Gasteiger partial charge in [0, 0.05) is 25.6 Å². The lowest BCUT2D eigenvalue weighted by Gasteiger charge is -2.47. The molecular weight excluding hydrogens is 486 g/mol. The maximum absolute atomic E-state index is 11.0. The van der Waals surface area contributed by atoms with E-state index in [1.165, 1.54) is 0 Å². The monoisotopic (exact) mass is 527 g/mol. The summed E-state index contributed by atoms with van der Waals surface area (Å²) < 4.78 is 22.7. The van der Waals surface area contributed by atoms with Gasteiger partial charge in [-0.1, -0.05) is 0 Å². The number of aliphatic hydroxyl groups excluding tert-OH is 5. The first kappa shape index (κ1) is 31.1. The molecule has 16 nitrogen and oxygen atoms in total. The highest BCUT2D eigenvalue weighted by Crippen LogP contribution is 2.30. The molecule has 2 saturated heterocycles. The topological polar surface area (TPSA) is 305 Å². The number of nitrogens with two attached hydrogens (primary N) is 5. The van der Waals surface area contributed by atoms with E-state index < -0.39 is 98.2 Å². The van der Waals surface area contributed by atoms with Crippen molar-refractivity contribution < 1.29 is 54.4 Å². The van der Waals surface area contributed by atoms with Crippen LogP contribution in [0, 0.1) is 0 Å². The number of ether oxygens (including phenoxy) is 4. The van der Waals surface area contributed by atoms with Gasteiger partial charge in [0.15, 0.2) is 12.6 Å². The predicted octanol–water partition coefficient (Wildman–Crippen LogP) is -6.20. The van der Waals surface area contributed by atoms with E-state index in [9.17, 15) is 25.5 Å². The van der Waals surface area contributed by atoms with E-state index in [1.807, 2.05) is 0 Å². The molecule has 16 heteroatoms. The van der Waals surface area contributed by atoms with E-state index in [1.54, 1.807) is 0 Å². The summed E-state index contributed by atoms with van der Waals surface area (Å²) in [5.74, 6) is -0.833. The van der Waals surface area contributed by atoms with Gasteiger partial charge in [0.05, 0.1) is 30.9 Å². The van der Waals surface area contributed by atoms with Crippen LogP contribution in [0.5, 0.6) is 0 Å². The van der Waals surface area contributed by atoms with E-state index in [4.69, 9.17) is 57.5 Å². The number of carbonyl (C=O) groups is 1. The number of aliphatic hydroxyl groups is 5. The number of hydrogen-bond donors (Lipinski definition) is 11. The molecule has 0 spiro atoms. The van der Waals surface area contributed by atoms with Gasteiger partial charge in [-0.25, -0.2) is 0 Å². The third kappa shape index (κ3) is 7.49. The van der Waals surface area contributed by atoms with Crippen LogP contribution in [0.15, 0.2) is 0 Å². The molecule has 0 amide bonds. The summed E-state index contributed by atoms with van der Waals surface area (Å²) in [6, 6.07) is -3.27. The Bertz CT molecular complexity index is 690. The van der Waals surface area contributed by atoms with Gasteiger partial charge in [-0.15, -0.1) is 0 Å². The van der Waals surface area contributed by atoms with Crippen molar-refractivity contribution in [2.24, 2.45) is 28.7 Å². The molecule has 3 rings (SSSR count). The average molecular weight is 528 g/mol. The molecule has 3 aliphatic rings. The minimum absolute atomic E-state index is 0.0542. The maximum atomic E-state index is 11.0. The van der Waals surface area contributed by atoms with Crippen molar-refractivity contribution >= 4 is 5.97 Å². The maximum Gasteiger partial charge on any atom is 0.300 e. The van der Waals surface area contributed by atoms with Crippen molar-refractivity contribution in [1.82, 2.24) is 0 Å². The predicted molar refractivity (Wildman–Crippen MR) is 122 cm³/mol. The number of rotatable bonds is 6. The molecule has 0 radical (unpaired) electrons. The minimum Gasteiger partial charge on any atom is -0.481 e. The van der Waals surface area contributed by atoms with Gasteiger partial charge in [0.25, 0.3) is 5.97 Å². The summed E-state index contributed by atoms with van der Waals surface area (Å²) in [5, 5.41) is 58.1. The quantitative estimate of drug-likeness (QED) is 0.153. The summed E-state index contributed by atoms with van der Waals surface area (Å²) in [6.45, 7) is 0.584. The molecule has 1 aliphatic carbocycles. The van der Waals surface area contributed by atoms with E-state index in [0.29, 0.717) is 0 Å². The molecule has 3 fully saturated rings. The number of hydrogen-bond acceptors (Lipinski definition) is 15. The summed E-state index contributed by atoms with van der Waals surface area (Å²) in [4.78, 5) is 9.00. The van der Waals surface area contributed by atoms with Crippen LogP contribution in [0.4, 0.5) is 0 Å². The van der Waals surface area contributed by atoms with Crippen LogP contribution < -0.4 is 28.7 Å². The first-order chi connectivity index (χ1) is 16.8. The second-order valence-electron chi connectivity index (χ2n) is 9.30. The number of carboxylic acids is 1. The largest absolute Gasteiger partial charge is 0.481 e. The molecule has 212 valence electrons. The van der Waals surface area contributed by atoms with Gasteiger partial charge in [-0.2, -0.15) is 0 Å². The van der Waals surface area contributed by atoms with E-state index >= 15 is 0 Å². The Morgan fingerprint density at radius 3 is 1.83 bits per heavy atom. The van der Waals surface area contributed by atoms with Crippen LogP contribution in [0.25, 0.3) is 0 Å². The Morgan fingerprint density at radius 2 is 1.33 bits per heavy atom. The fraction of sp³-hybridized carbons (Fsp3) is 0.950. The molecule has 36 heavy (non-hydrogen) atoms. The highest BCUT2D eigenvalue weighted by molar-refractivity contribution is 5.62. The third-order valence-electron chi connectivity index (χ3n) is 6.41. The van der Waals surface area contributed by atoms with E-state index in [-0.39, 0.29) is 19.4 Å². The summed E-state index contributed by atoms with van der Waals surface area (Å²) in [7, 11) is 0. The van der Waals surface area contributed by atoms with Crippen molar-refractivity contribution in [3.63, 3.8) is 0 Å². The molecule has 0 aromatic rings. The molecule has 0 aromatic carbocycles. The van der Waals surface area contributed by atoms with Crippen LogP contribution in [0.1, 0.15) is 19.8 Å². The van der Waals surface area contributed by atoms with Crippen molar-refractivity contribution in [2.75, 3.05) is 13.2 Å². The third-order valence-corrected chi connectivity index (χ3v) is 6.41. The van der Waals surface area contributed by atoms with Gasteiger partial charge in [-0.3, -0.25) is 4.79 Å². The van der Waals surface area contributed by atoms with Crippen molar-refractivity contribution in [2.45, 2.75) is 105 Å². The van der Waals surface area contributed by atoms with Crippen LogP contribution in [-0.4, -0.2) is 135 Å². The minimum atomic E-state index is -1.44. The van der Waals surface area contributed by atoms with E-state index in [2.05, 4.69) is 0 Å². The zero-order valence-corrected chi connectivity index (χ0v) is 20.0. The fourth-order valence-electron chi connectivity index (χ4n) is 4.43. The van der Waals surface area contributed by atoms with Gasteiger partial charge in [-0.05, 0) is 12.8 Å². The van der Waals surface area contributed by atoms with Crippen LogP contribution >= 0.6 is 0 Å². The SMILES string of the molecule is CC(=O)O.NC[C@H]1O[C@H](O[C@H]2[C@H](O)C(O[C@H]3O[C@H](CO)[C@@H](O)[C@H](N)[C@H]3O)[C@H](N)C[C@@H]2N)[C@H](N)C[C@@H]1O. The first-order valence-electron chi connectivity index (χ1n) is 11.7. The number of aliphatic carboxylic acids is 1. The molecular formula is C20H41N5O11. The Morgan fingerprint density at radius 1 is 0.833 bits per heavy atom. The van der Waals surface area contributed by atoms with Crippen molar-refractivity contribution in [3.05, 3.63) is 0 Å². The van der Waals surface area contributed by atoms with Gasteiger partial charge < -0.3 is 78.3 Å². The lowest BCUT2D eigenvalue weighted by atomic mass is 9.84. The Balaban J connectivity index is 0.00000106. The lowest BCUT2D eigenvalue weighted by molar-refractivity contribution is -0.314. The highest BCUT2D eigenvalue weighted by atomic mass is 16.7. The van der Waals surface area contributed by atoms with Crippen molar-refractivity contribution in [1.29, 1.82) is 0 Å². The van der Waals surface area contributed by atoms with Crippen LogP contribution in [0.2, 0.25) is 0 Å². The lowest BCUT2D eigenvalue weighted by Crippen LogP contribution is -2.68. The van der Waals surface area contributed by atoms with Gasteiger partial charge in [0.2, 0.25) is 0 Å². The molecule has 14 atom stereocenters. The average Bonchev–Trinajstić information content (AvgIpc) is 2.80. The molecule has 2 heterocycles. The second kappa shape index (κ2) is 13.6. The molecule has 2 aliphatic heterocycles. The number of carboxylic acid groups (broad SMARTS) is 1. The van der Waals surface area contributed by atoms with Crippen LogP contribution in [0.3, 0.4) is 0 Å². The fourth-order valence-corrected chi connectivity index (χ4v) is 4.43. The second-order valence-corrected chi connectivity index (χ2v) is 9.30. The Labute approximate surface area is 208 Å². The Hall–Kier alpha value is -1.09. The van der Waals surface area contributed by atoms with Gasteiger partial charge in [0.1, 0.15) is 36.6 Å². The van der Waals surface area contributed by atoms with Crippen molar-refractivity contribution in [3.8, 4) is 0 Å². The molecule has 0 bridgehead atoms. The highest BCUT2D eigenvalue weighted by Gasteiger charge is 2.50. The molecule has 1 saturated carbocycles. The van der Waals surface area contributed by atoms with E-state index in [0.717, 1.165) is 6.92 Å². The molecule has 1 unspecified atom stereocenters. The van der Waals surface area contributed by atoms with Gasteiger partial charge >= 0.3 is 0 Å². The van der Waals surface area contributed by atoms with Crippen LogP contribution in [-0.2, 0) is 23.7 Å². The zero-order chi connectivity index (χ0) is 27.3. The summed E-state index contributed by atoms with van der Waals surface area (Å²) in [6.07, 6.45) is -10.8. The Kier molecular flexibility index (Phi) is 11.8. The first-order valence-corrected chi connectivity index (χ1v) is 11.7. The molecule has 0 aromatic heterocycles. The molecule has 16 N–H and O–H groups in total.